The minimum atomic E-state index is 0.936. The molecule has 0 N–H and O–H groups in total. The molecule has 1 aromatic rings. The van der Waals surface area contributed by atoms with Crippen LogP contribution in [0.5, 0.6) is 0 Å². The van der Waals surface area contributed by atoms with Crippen LogP contribution in [0.4, 0.5) is 5.69 Å². The lowest BCUT2D eigenvalue weighted by Crippen LogP contribution is -2.11. The van der Waals surface area contributed by atoms with E-state index in [1.54, 1.807) is 4.42 Å². The third-order valence-corrected chi connectivity index (χ3v) is 2.61. The number of rotatable bonds is 6. The van der Waals surface area contributed by atoms with Crippen LogP contribution in [0, 0.1) is 0 Å². The molecule has 1 aromatic carbocycles. The highest BCUT2D eigenvalue weighted by molar-refractivity contribution is 6.25. The van der Waals surface area contributed by atoms with Crippen molar-refractivity contribution in [1.29, 1.82) is 0 Å². The molecule has 0 fully saturated rings. The molecule has 0 aromatic heterocycles. The Bertz CT molecular complexity index is 235. The number of nitrogens with zero attached hydrogens (tertiary/aromatic N) is 1. The van der Waals surface area contributed by atoms with Gasteiger partial charge in [0, 0.05) is 18.3 Å². The van der Waals surface area contributed by atoms with E-state index in [1.807, 2.05) is 30.3 Å². The number of unbranched alkanes of at least 4 members (excludes halogenated alkanes) is 3. The lowest BCUT2D eigenvalue weighted by atomic mass is 10.2. The molecular formula is C12H18ClN. The van der Waals surface area contributed by atoms with Crippen LogP contribution in [0.15, 0.2) is 30.3 Å². The van der Waals surface area contributed by atoms with E-state index in [4.69, 9.17) is 11.8 Å². The van der Waals surface area contributed by atoms with Crippen molar-refractivity contribution < 1.29 is 0 Å². The average molecular weight is 212 g/mol. The zero-order chi connectivity index (χ0) is 10.2. The van der Waals surface area contributed by atoms with E-state index >= 15 is 0 Å². The Hall–Kier alpha value is -0.690. The Morgan fingerprint density at radius 2 is 1.79 bits per heavy atom. The van der Waals surface area contributed by atoms with E-state index in [0.717, 1.165) is 12.2 Å². The summed E-state index contributed by atoms with van der Waals surface area (Å²) in [7, 11) is 0. The van der Waals surface area contributed by atoms with Gasteiger partial charge in [0.1, 0.15) is 0 Å². The van der Waals surface area contributed by atoms with Gasteiger partial charge in [-0.2, -0.15) is 0 Å². The maximum atomic E-state index is 6.12. The molecule has 0 heterocycles. The number of anilines is 1. The molecule has 0 spiro atoms. The van der Waals surface area contributed by atoms with E-state index in [9.17, 15) is 0 Å². The van der Waals surface area contributed by atoms with Crippen molar-refractivity contribution in [2.24, 2.45) is 0 Å². The van der Waals surface area contributed by atoms with Crippen molar-refractivity contribution in [3.8, 4) is 0 Å². The molecule has 78 valence electrons. The van der Waals surface area contributed by atoms with E-state index < -0.39 is 0 Å². The molecule has 0 radical (unpaired) electrons. The van der Waals surface area contributed by atoms with Gasteiger partial charge >= 0.3 is 0 Å². The summed E-state index contributed by atoms with van der Waals surface area (Å²) in [6.45, 7) is 3.15. The molecule has 1 nitrogen and oxygen atoms in total. The van der Waals surface area contributed by atoms with Crippen LogP contribution in [-0.4, -0.2) is 6.54 Å². The Kier molecular flexibility index (Phi) is 5.46. The summed E-state index contributed by atoms with van der Waals surface area (Å²) in [6, 6.07) is 10.1. The number of hydrogen-bond acceptors (Lipinski definition) is 1. The SMILES string of the molecule is CCCCCCN(Cl)c1ccccc1. The first-order valence-electron chi connectivity index (χ1n) is 5.33. The summed E-state index contributed by atoms with van der Waals surface area (Å²) >= 11 is 6.12. The quantitative estimate of drug-likeness (QED) is 0.503. The molecule has 1 rings (SSSR count). The van der Waals surface area contributed by atoms with Crippen LogP contribution in [0.3, 0.4) is 0 Å². The topological polar surface area (TPSA) is 3.24 Å². The molecule has 0 amide bonds. The summed E-state index contributed by atoms with van der Waals surface area (Å²) < 4.78 is 1.80. The molecule has 0 unspecified atom stereocenters. The predicted octanol–water partition coefficient (Wildman–Crippen LogP) is 4.23. The largest absolute Gasteiger partial charge is 0.285 e. The van der Waals surface area contributed by atoms with Crippen molar-refractivity contribution >= 4 is 17.5 Å². The third-order valence-electron chi connectivity index (χ3n) is 2.24. The Labute approximate surface area is 91.8 Å². The third kappa shape index (κ3) is 4.01. The number of halogens is 1. The number of benzene rings is 1. The van der Waals surface area contributed by atoms with Crippen molar-refractivity contribution in [2.75, 3.05) is 11.0 Å². The van der Waals surface area contributed by atoms with Gasteiger partial charge in [-0.1, -0.05) is 44.4 Å². The molecule has 0 aliphatic heterocycles. The highest BCUT2D eigenvalue weighted by atomic mass is 35.5. The Morgan fingerprint density at radius 3 is 2.43 bits per heavy atom. The highest BCUT2D eigenvalue weighted by Gasteiger charge is 2.00. The van der Waals surface area contributed by atoms with Gasteiger partial charge in [-0.15, -0.1) is 0 Å². The molecule has 0 saturated carbocycles. The second-order valence-electron chi connectivity index (χ2n) is 3.48. The first kappa shape index (κ1) is 11.4. The van der Waals surface area contributed by atoms with Crippen LogP contribution in [0.25, 0.3) is 0 Å². The summed E-state index contributed by atoms with van der Waals surface area (Å²) in [5.41, 5.74) is 1.09. The zero-order valence-corrected chi connectivity index (χ0v) is 9.50. The maximum Gasteiger partial charge on any atom is 0.0523 e. The molecule has 2 heteroatoms. The summed E-state index contributed by atoms with van der Waals surface area (Å²) in [4.78, 5) is 0. The van der Waals surface area contributed by atoms with Gasteiger partial charge in [0.05, 0.1) is 5.69 Å². The standard InChI is InChI=1S/C12H18ClN/c1-2-3-4-8-11-14(13)12-9-6-5-7-10-12/h5-7,9-10H,2-4,8,11H2,1H3. The van der Waals surface area contributed by atoms with Crippen LogP contribution >= 0.6 is 11.8 Å². The molecular weight excluding hydrogens is 194 g/mol. The van der Waals surface area contributed by atoms with Gasteiger partial charge in [-0.25, -0.2) is 0 Å². The fourth-order valence-corrected chi connectivity index (χ4v) is 1.63. The van der Waals surface area contributed by atoms with Gasteiger partial charge in [0.2, 0.25) is 0 Å². The second-order valence-corrected chi connectivity index (χ2v) is 3.89. The Balaban J connectivity index is 2.25. The highest BCUT2D eigenvalue weighted by Crippen LogP contribution is 2.16. The van der Waals surface area contributed by atoms with Crippen LogP contribution in [-0.2, 0) is 0 Å². The van der Waals surface area contributed by atoms with Gasteiger partial charge in [-0.3, -0.25) is 4.42 Å². The predicted molar refractivity (Wildman–Crippen MR) is 63.8 cm³/mol. The fourth-order valence-electron chi connectivity index (χ4n) is 1.40. The van der Waals surface area contributed by atoms with Gasteiger partial charge in [0.15, 0.2) is 0 Å². The zero-order valence-electron chi connectivity index (χ0n) is 8.75. The lowest BCUT2D eigenvalue weighted by Gasteiger charge is -2.15. The second kappa shape index (κ2) is 6.72. The summed E-state index contributed by atoms with van der Waals surface area (Å²) in [5.74, 6) is 0. The van der Waals surface area contributed by atoms with E-state index in [0.29, 0.717) is 0 Å². The van der Waals surface area contributed by atoms with E-state index in [2.05, 4.69) is 6.92 Å². The minimum Gasteiger partial charge on any atom is -0.285 e. The summed E-state index contributed by atoms with van der Waals surface area (Å²) in [6.07, 6.45) is 5.02. The van der Waals surface area contributed by atoms with Crippen LogP contribution in [0.2, 0.25) is 0 Å². The molecule has 0 aliphatic rings. The van der Waals surface area contributed by atoms with Gasteiger partial charge < -0.3 is 0 Å². The molecule has 0 saturated heterocycles. The van der Waals surface area contributed by atoms with Gasteiger partial charge in [-0.05, 0) is 18.6 Å². The van der Waals surface area contributed by atoms with Crippen LogP contribution < -0.4 is 4.42 Å². The van der Waals surface area contributed by atoms with Crippen molar-refractivity contribution in [3.05, 3.63) is 30.3 Å². The van der Waals surface area contributed by atoms with E-state index in [1.165, 1.54) is 25.7 Å². The number of para-hydroxylation sites is 1. The number of hydrogen-bond donors (Lipinski definition) is 0. The van der Waals surface area contributed by atoms with Crippen molar-refractivity contribution in [3.63, 3.8) is 0 Å². The first-order chi connectivity index (χ1) is 6.84. The first-order valence-corrected chi connectivity index (χ1v) is 5.66. The average Bonchev–Trinajstić information content (AvgIpc) is 2.25. The molecule has 0 bridgehead atoms. The minimum absolute atomic E-state index is 0.936. The van der Waals surface area contributed by atoms with E-state index in [-0.39, 0.29) is 0 Å². The summed E-state index contributed by atoms with van der Waals surface area (Å²) in [5, 5.41) is 0. The lowest BCUT2D eigenvalue weighted by molar-refractivity contribution is 0.675. The van der Waals surface area contributed by atoms with Crippen LogP contribution in [0.1, 0.15) is 32.6 Å². The van der Waals surface area contributed by atoms with Crippen molar-refractivity contribution in [2.45, 2.75) is 32.6 Å². The smallest absolute Gasteiger partial charge is 0.0523 e. The van der Waals surface area contributed by atoms with Crippen molar-refractivity contribution in [1.82, 2.24) is 0 Å². The molecule has 14 heavy (non-hydrogen) atoms. The Morgan fingerprint density at radius 1 is 1.07 bits per heavy atom. The normalized spacial score (nSPS) is 10.1. The fraction of sp³-hybridized carbons (Fsp3) is 0.500. The molecule has 0 aliphatic carbocycles. The monoisotopic (exact) mass is 211 g/mol. The maximum absolute atomic E-state index is 6.12. The molecule has 0 atom stereocenters. The van der Waals surface area contributed by atoms with Gasteiger partial charge in [0.25, 0.3) is 0 Å².